The fraction of sp³-hybridized carbons (Fsp3) is 0.250. The molecular weight excluding hydrogens is 186 g/mol. The number of aryl methyl sites for hydroxylation is 1. The maximum Gasteiger partial charge on any atom is 0.0849 e. The number of benzene rings is 1. The van der Waals surface area contributed by atoms with E-state index in [1.165, 1.54) is 16.6 Å². The van der Waals surface area contributed by atoms with Crippen LogP contribution in [0.15, 0.2) is 35.6 Å². The molecule has 0 spiro atoms. The minimum Gasteiger partial charge on any atom is -0.348 e. The molecule has 0 saturated carbocycles. The first-order valence-electron chi connectivity index (χ1n) is 5.20. The van der Waals surface area contributed by atoms with Crippen LogP contribution in [0.25, 0.3) is 10.9 Å². The van der Waals surface area contributed by atoms with Crippen molar-refractivity contribution in [2.75, 3.05) is 11.6 Å². The van der Waals surface area contributed by atoms with Crippen molar-refractivity contribution in [2.24, 2.45) is 12.1 Å². The summed E-state index contributed by atoms with van der Waals surface area (Å²) in [6.45, 7) is 0.994. The summed E-state index contributed by atoms with van der Waals surface area (Å²) in [4.78, 5) is 0. The van der Waals surface area contributed by atoms with E-state index in [1.807, 2.05) is 6.21 Å². The zero-order chi connectivity index (χ0) is 10.3. The normalized spacial score (nSPS) is 15.4. The summed E-state index contributed by atoms with van der Waals surface area (Å²) in [5.74, 6) is 0. The van der Waals surface area contributed by atoms with Gasteiger partial charge in [-0.1, -0.05) is 18.2 Å². The summed E-state index contributed by atoms with van der Waals surface area (Å²) in [5.41, 5.74) is 2.47. The predicted molar refractivity (Wildman–Crippen MR) is 63.4 cm³/mol. The average Bonchev–Trinajstić information content (AvgIpc) is 2.87. The lowest BCUT2D eigenvalue weighted by Crippen LogP contribution is -2.11. The minimum atomic E-state index is 0.994. The van der Waals surface area contributed by atoms with Gasteiger partial charge in [-0.25, -0.2) is 0 Å². The summed E-state index contributed by atoms with van der Waals surface area (Å²) in [7, 11) is 2.08. The molecule has 15 heavy (non-hydrogen) atoms. The first-order valence-corrected chi connectivity index (χ1v) is 5.20. The molecule has 0 amide bonds. The third-order valence-electron chi connectivity index (χ3n) is 2.85. The van der Waals surface area contributed by atoms with Gasteiger partial charge in [0.2, 0.25) is 0 Å². The highest BCUT2D eigenvalue weighted by molar-refractivity contribution is 5.94. The van der Waals surface area contributed by atoms with E-state index in [1.54, 1.807) is 0 Å². The van der Waals surface area contributed by atoms with Gasteiger partial charge in [-0.3, -0.25) is 5.01 Å². The quantitative estimate of drug-likeness (QED) is 0.690. The Morgan fingerprint density at radius 1 is 1.27 bits per heavy atom. The van der Waals surface area contributed by atoms with Crippen molar-refractivity contribution in [3.8, 4) is 0 Å². The summed E-state index contributed by atoms with van der Waals surface area (Å²) in [6.07, 6.45) is 5.17. The Balaban J connectivity index is 2.22. The van der Waals surface area contributed by atoms with E-state index in [0.717, 1.165) is 13.0 Å². The molecule has 0 fully saturated rings. The Hall–Kier alpha value is -1.77. The van der Waals surface area contributed by atoms with Gasteiger partial charge in [0, 0.05) is 43.3 Å². The zero-order valence-electron chi connectivity index (χ0n) is 8.72. The molecular formula is C12H13N3. The molecule has 0 radical (unpaired) electrons. The first kappa shape index (κ1) is 8.53. The zero-order valence-corrected chi connectivity index (χ0v) is 8.72. The molecule has 2 aromatic rings. The van der Waals surface area contributed by atoms with Crippen LogP contribution in [0, 0.1) is 0 Å². The molecule has 3 heteroatoms. The highest BCUT2D eigenvalue weighted by Crippen LogP contribution is 2.29. The number of fused-ring (bicyclic) bond motifs is 1. The summed E-state index contributed by atoms with van der Waals surface area (Å²) in [5, 5.41) is 7.71. The second-order valence-corrected chi connectivity index (χ2v) is 3.85. The van der Waals surface area contributed by atoms with Crippen molar-refractivity contribution in [2.45, 2.75) is 6.42 Å². The molecule has 1 aromatic heterocycles. The second kappa shape index (κ2) is 3.12. The van der Waals surface area contributed by atoms with Gasteiger partial charge in [0.15, 0.2) is 0 Å². The number of hydrogen-bond donors (Lipinski definition) is 0. The SMILES string of the molecule is Cn1cc(N2CCC=N2)c2ccccc21. The molecule has 1 aliphatic heterocycles. The Bertz CT molecular complexity index is 525. The highest BCUT2D eigenvalue weighted by atomic mass is 15.5. The number of nitrogens with zero attached hydrogens (tertiary/aromatic N) is 3. The third-order valence-corrected chi connectivity index (χ3v) is 2.85. The molecule has 0 saturated heterocycles. The van der Waals surface area contributed by atoms with Crippen molar-refractivity contribution in [3.63, 3.8) is 0 Å². The lowest BCUT2D eigenvalue weighted by atomic mass is 10.2. The van der Waals surface area contributed by atoms with E-state index in [2.05, 4.69) is 52.2 Å². The van der Waals surface area contributed by atoms with Gasteiger partial charge < -0.3 is 4.57 Å². The maximum absolute atomic E-state index is 4.36. The Morgan fingerprint density at radius 3 is 2.93 bits per heavy atom. The van der Waals surface area contributed by atoms with E-state index in [9.17, 15) is 0 Å². The van der Waals surface area contributed by atoms with Gasteiger partial charge in [-0.05, 0) is 6.07 Å². The highest BCUT2D eigenvalue weighted by Gasteiger charge is 2.14. The van der Waals surface area contributed by atoms with Crippen LogP contribution in [0.4, 0.5) is 5.69 Å². The fourth-order valence-electron chi connectivity index (χ4n) is 2.10. The van der Waals surface area contributed by atoms with Crippen LogP contribution >= 0.6 is 0 Å². The van der Waals surface area contributed by atoms with Crippen LogP contribution in [-0.4, -0.2) is 17.3 Å². The lowest BCUT2D eigenvalue weighted by Gasteiger charge is -2.11. The lowest BCUT2D eigenvalue weighted by molar-refractivity contribution is 0.908. The average molecular weight is 199 g/mol. The molecule has 1 aliphatic rings. The molecule has 2 heterocycles. The molecule has 0 unspecified atom stereocenters. The van der Waals surface area contributed by atoms with E-state index >= 15 is 0 Å². The van der Waals surface area contributed by atoms with E-state index in [0.29, 0.717) is 0 Å². The van der Waals surface area contributed by atoms with Crippen LogP contribution in [-0.2, 0) is 7.05 Å². The number of hydrogen-bond acceptors (Lipinski definition) is 2. The predicted octanol–water partition coefficient (Wildman–Crippen LogP) is 2.37. The molecule has 0 N–H and O–H groups in total. The fourth-order valence-corrected chi connectivity index (χ4v) is 2.10. The summed E-state index contributed by atoms with van der Waals surface area (Å²) >= 11 is 0. The monoisotopic (exact) mass is 199 g/mol. The number of rotatable bonds is 1. The maximum atomic E-state index is 4.36. The first-order chi connectivity index (χ1) is 7.36. The van der Waals surface area contributed by atoms with Gasteiger partial charge in [0.05, 0.1) is 5.69 Å². The van der Waals surface area contributed by atoms with Gasteiger partial charge in [-0.15, -0.1) is 0 Å². The van der Waals surface area contributed by atoms with Crippen LogP contribution < -0.4 is 5.01 Å². The van der Waals surface area contributed by atoms with Gasteiger partial charge in [0.1, 0.15) is 0 Å². The van der Waals surface area contributed by atoms with E-state index in [4.69, 9.17) is 0 Å². The summed E-state index contributed by atoms with van der Waals surface area (Å²) < 4.78 is 2.15. The Kier molecular flexibility index (Phi) is 1.78. The Labute approximate surface area is 88.6 Å². The molecule has 0 bridgehead atoms. The van der Waals surface area contributed by atoms with E-state index in [-0.39, 0.29) is 0 Å². The van der Waals surface area contributed by atoms with Crippen molar-refractivity contribution in [1.82, 2.24) is 4.57 Å². The number of aromatic nitrogens is 1. The van der Waals surface area contributed by atoms with Crippen molar-refractivity contribution in [1.29, 1.82) is 0 Å². The second-order valence-electron chi connectivity index (χ2n) is 3.85. The van der Waals surface area contributed by atoms with Crippen molar-refractivity contribution < 1.29 is 0 Å². The Morgan fingerprint density at radius 2 is 2.13 bits per heavy atom. The van der Waals surface area contributed by atoms with Crippen LogP contribution in [0.1, 0.15) is 6.42 Å². The van der Waals surface area contributed by atoms with Crippen LogP contribution in [0.3, 0.4) is 0 Å². The van der Waals surface area contributed by atoms with Gasteiger partial charge >= 0.3 is 0 Å². The largest absolute Gasteiger partial charge is 0.348 e. The van der Waals surface area contributed by atoms with Crippen molar-refractivity contribution >= 4 is 22.8 Å². The summed E-state index contributed by atoms with van der Waals surface area (Å²) in [6, 6.07) is 8.43. The molecule has 3 nitrogen and oxygen atoms in total. The van der Waals surface area contributed by atoms with Crippen molar-refractivity contribution in [3.05, 3.63) is 30.5 Å². The van der Waals surface area contributed by atoms with Gasteiger partial charge in [0.25, 0.3) is 0 Å². The molecule has 1 aromatic carbocycles. The topological polar surface area (TPSA) is 20.5 Å². The molecule has 76 valence electrons. The number of para-hydroxylation sites is 1. The van der Waals surface area contributed by atoms with Gasteiger partial charge in [-0.2, -0.15) is 5.10 Å². The smallest absolute Gasteiger partial charge is 0.0849 e. The van der Waals surface area contributed by atoms with Crippen LogP contribution in [0.5, 0.6) is 0 Å². The number of anilines is 1. The number of hydrazone groups is 1. The standard InChI is InChI=1S/C12H13N3/c1-14-9-12(15-8-4-7-13-15)10-5-2-3-6-11(10)14/h2-3,5-7,9H,4,8H2,1H3. The molecule has 0 atom stereocenters. The van der Waals surface area contributed by atoms with E-state index < -0.39 is 0 Å². The van der Waals surface area contributed by atoms with Crippen LogP contribution in [0.2, 0.25) is 0 Å². The molecule has 0 aliphatic carbocycles. The minimum absolute atomic E-state index is 0.994. The third kappa shape index (κ3) is 1.23. The molecule has 3 rings (SSSR count).